The highest BCUT2D eigenvalue weighted by atomic mass is 32.2. The minimum absolute atomic E-state index is 0.472. The first kappa shape index (κ1) is 13.7. The zero-order chi connectivity index (χ0) is 13.4. The maximum Gasteiger partial charge on any atom is 0.209 e. The van der Waals surface area contributed by atoms with Gasteiger partial charge in [0.05, 0.1) is 6.26 Å². The average Bonchev–Trinajstić information content (AvgIpc) is 2.92. The highest BCUT2D eigenvalue weighted by Gasteiger charge is 2.28. The average molecular weight is 290 g/mol. The van der Waals surface area contributed by atoms with Crippen LogP contribution < -0.4 is 10.0 Å². The van der Waals surface area contributed by atoms with E-state index in [1.807, 2.05) is 13.8 Å². The van der Waals surface area contributed by atoms with E-state index in [1.165, 1.54) is 24.4 Å². The summed E-state index contributed by atoms with van der Waals surface area (Å²) in [6.07, 6.45) is 3.51. The number of nitrogens with zero attached hydrogens (tertiary/aromatic N) is 2. The van der Waals surface area contributed by atoms with Crippen molar-refractivity contribution in [3.8, 4) is 0 Å². The Morgan fingerprint density at radius 3 is 2.67 bits per heavy atom. The van der Waals surface area contributed by atoms with Gasteiger partial charge in [0, 0.05) is 29.5 Å². The summed E-state index contributed by atoms with van der Waals surface area (Å²) in [5.41, 5.74) is -0.557. The van der Waals surface area contributed by atoms with E-state index in [1.54, 1.807) is 0 Å². The van der Waals surface area contributed by atoms with Gasteiger partial charge in [-0.05, 0) is 26.7 Å². The summed E-state index contributed by atoms with van der Waals surface area (Å²) in [5, 5.41) is 3.88. The van der Waals surface area contributed by atoms with Crippen LogP contribution in [-0.2, 0) is 10.0 Å². The third-order valence-corrected chi connectivity index (χ3v) is 4.14. The molecule has 1 saturated carbocycles. The molecule has 102 valence electrons. The third-order valence-electron chi connectivity index (χ3n) is 2.53. The molecule has 0 saturated heterocycles. The van der Waals surface area contributed by atoms with Gasteiger partial charge in [-0.2, -0.15) is 4.37 Å². The van der Waals surface area contributed by atoms with Crippen LogP contribution >= 0.6 is 11.5 Å². The Hall–Kier alpha value is -0.730. The number of nitrogens with one attached hydrogen (secondary N) is 2. The third kappa shape index (κ3) is 4.18. The molecule has 1 aliphatic rings. The Bertz CT molecular complexity index is 520. The van der Waals surface area contributed by atoms with E-state index >= 15 is 0 Å². The zero-order valence-electron chi connectivity index (χ0n) is 10.7. The quantitative estimate of drug-likeness (QED) is 0.821. The van der Waals surface area contributed by atoms with Gasteiger partial charge in [0.25, 0.3) is 0 Å². The fourth-order valence-electron chi connectivity index (χ4n) is 1.65. The summed E-state index contributed by atoms with van der Waals surface area (Å²) in [6, 6.07) is 0. The second-order valence-corrected chi connectivity index (χ2v) is 7.84. The largest absolute Gasteiger partial charge is 0.358 e. The fourth-order valence-corrected chi connectivity index (χ4v) is 3.37. The molecule has 1 aliphatic carbocycles. The van der Waals surface area contributed by atoms with Gasteiger partial charge in [-0.3, -0.25) is 0 Å². The SMILES string of the molecule is CC(C)(CNc1nc(C2CC2)ns1)NS(C)(=O)=O. The lowest BCUT2D eigenvalue weighted by Gasteiger charge is -2.24. The normalized spacial score (nSPS) is 16.8. The van der Waals surface area contributed by atoms with E-state index < -0.39 is 15.6 Å². The van der Waals surface area contributed by atoms with Crippen molar-refractivity contribution < 1.29 is 8.42 Å². The molecule has 0 unspecified atom stereocenters. The van der Waals surface area contributed by atoms with Crippen LogP contribution in [-0.4, -0.2) is 36.1 Å². The molecule has 0 aliphatic heterocycles. The van der Waals surface area contributed by atoms with Crippen molar-refractivity contribution in [3.05, 3.63) is 5.82 Å². The fraction of sp³-hybridized carbons (Fsp3) is 0.800. The highest BCUT2D eigenvalue weighted by Crippen LogP contribution is 2.39. The van der Waals surface area contributed by atoms with Gasteiger partial charge >= 0.3 is 0 Å². The molecule has 1 heterocycles. The molecular formula is C10H18N4O2S2. The van der Waals surface area contributed by atoms with Gasteiger partial charge in [-0.15, -0.1) is 0 Å². The van der Waals surface area contributed by atoms with Crippen LogP contribution in [0.5, 0.6) is 0 Å². The van der Waals surface area contributed by atoms with Crippen molar-refractivity contribution in [2.24, 2.45) is 0 Å². The number of aromatic nitrogens is 2. The second kappa shape index (κ2) is 4.75. The molecule has 2 N–H and O–H groups in total. The molecule has 0 spiro atoms. The molecule has 1 aromatic rings. The summed E-state index contributed by atoms with van der Waals surface area (Å²) in [7, 11) is -3.21. The summed E-state index contributed by atoms with van der Waals surface area (Å²) in [5.74, 6) is 1.45. The Kier molecular flexibility index (Phi) is 3.61. The first-order chi connectivity index (χ1) is 8.25. The van der Waals surface area contributed by atoms with Crippen molar-refractivity contribution in [1.82, 2.24) is 14.1 Å². The van der Waals surface area contributed by atoms with Crippen molar-refractivity contribution in [2.45, 2.75) is 38.1 Å². The molecular weight excluding hydrogens is 272 g/mol. The predicted molar refractivity (Wildman–Crippen MR) is 72.4 cm³/mol. The highest BCUT2D eigenvalue weighted by molar-refractivity contribution is 7.88. The van der Waals surface area contributed by atoms with Gasteiger partial charge in [-0.25, -0.2) is 18.1 Å². The van der Waals surface area contributed by atoms with Crippen LogP contribution in [0.25, 0.3) is 0 Å². The lowest BCUT2D eigenvalue weighted by Crippen LogP contribution is -2.47. The summed E-state index contributed by atoms with van der Waals surface area (Å²) < 4.78 is 29.2. The Morgan fingerprint density at radius 2 is 2.11 bits per heavy atom. The summed E-state index contributed by atoms with van der Waals surface area (Å²) >= 11 is 1.33. The number of sulfonamides is 1. The van der Waals surface area contributed by atoms with Crippen LogP contribution in [0.3, 0.4) is 0 Å². The lowest BCUT2D eigenvalue weighted by molar-refractivity contribution is 0.476. The number of hydrogen-bond donors (Lipinski definition) is 2. The zero-order valence-corrected chi connectivity index (χ0v) is 12.4. The van der Waals surface area contributed by atoms with E-state index in [4.69, 9.17) is 0 Å². The lowest BCUT2D eigenvalue weighted by atomic mass is 10.1. The van der Waals surface area contributed by atoms with Crippen LogP contribution in [0, 0.1) is 0 Å². The minimum atomic E-state index is -3.21. The van der Waals surface area contributed by atoms with E-state index in [2.05, 4.69) is 19.4 Å². The van der Waals surface area contributed by atoms with E-state index in [0.29, 0.717) is 12.5 Å². The van der Waals surface area contributed by atoms with Crippen LogP contribution in [0.4, 0.5) is 5.13 Å². The molecule has 0 radical (unpaired) electrons. The molecule has 2 rings (SSSR count). The molecule has 1 fully saturated rings. The smallest absolute Gasteiger partial charge is 0.209 e. The maximum atomic E-state index is 11.2. The van der Waals surface area contributed by atoms with Gasteiger partial charge < -0.3 is 5.32 Å². The Labute approximate surface area is 111 Å². The van der Waals surface area contributed by atoms with E-state index in [0.717, 1.165) is 17.2 Å². The van der Waals surface area contributed by atoms with Crippen LogP contribution in [0.15, 0.2) is 0 Å². The standard InChI is InChI=1S/C10H18N4O2S2/c1-10(2,14-18(3,15)16)6-11-9-12-8(13-17-9)7-4-5-7/h7,14H,4-6H2,1-3H3,(H,11,12,13). The number of rotatable bonds is 6. The first-order valence-corrected chi connectivity index (χ1v) is 8.48. The molecule has 0 aromatic carbocycles. The monoisotopic (exact) mass is 290 g/mol. The molecule has 18 heavy (non-hydrogen) atoms. The number of hydrogen-bond acceptors (Lipinski definition) is 6. The van der Waals surface area contributed by atoms with Crippen LogP contribution in [0.2, 0.25) is 0 Å². The first-order valence-electron chi connectivity index (χ1n) is 5.82. The van der Waals surface area contributed by atoms with Gasteiger partial charge in [0.2, 0.25) is 15.2 Å². The minimum Gasteiger partial charge on any atom is -0.358 e. The van der Waals surface area contributed by atoms with Crippen molar-refractivity contribution in [1.29, 1.82) is 0 Å². The van der Waals surface area contributed by atoms with Crippen molar-refractivity contribution >= 4 is 26.7 Å². The molecule has 0 amide bonds. The molecule has 0 bridgehead atoms. The van der Waals surface area contributed by atoms with Gasteiger partial charge in [0.15, 0.2) is 0 Å². The second-order valence-electron chi connectivity index (χ2n) is 5.34. The van der Waals surface area contributed by atoms with Crippen molar-refractivity contribution in [3.63, 3.8) is 0 Å². The van der Waals surface area contributed by atoms with Gasteiger partial charge in [-0.1, -0.05) is 0 Å². The molecule has 6 nitrogen and oxygen atoms in total. The maximum absolute atomic E-state index is 11.2. The molecule has 0 atom stereocenters. The summed E-state index contributed by atoms with van der Waals surface area (Å²) in [6.45, 7) is 4.12. The summed E-state index contributed by atoms with van der Waals surface area (Å²) in [4.78, 5) is 4.39. The van der Waals surface area contributed by atoms with Crippen molar-refractivity contribution in [2.75, 3.05) is 18.1 Å². The van der Waals surface area contributed by atoms with E-state index in [9.17, 15) is 8.42 Å². The molecule has 1 aromatic heterocycles. The topological polar surface area (TPSA) is 84.0 Å². The van der Waals surface area contributed by atoms with E-state index in [-0.39, 0.29) is 0 Å². The Morgan fingerprint density at radius 1 is 1.44 bits per heavy atom. The Balaban J connectivity index is 1.89. The predicted octanol–water partition coefficient (Wildman–Crippen LogP) is 1.16. The van der Waals surface area contributed by atoms with Crippen LogP contribution in [0.1, 0.15) is 38.4 Å². The molecule has 8 heteroatoms. The van der Waals surface area contributed by atoms with Gasteiger partial charge in [0.1, 0.15) is 5.82 Å². The number of anilines is 1.